The molecule has 0 saturated carbocycles. The van der Waals surface area contributed by atoms with Crippen molar-refractivity contribution in [3.8, 4) is 0 Å². The highest BCUT2D eigenvalue weighted by Gasteiger charge is 2.43. The Kier molecular flexibility index (Phi) is 6.61. The smallest absolute Gasteiger partial charge is 0.338 e. The molecule has 2 aliphatic heterocycles. The number of hydrogen-bond donors (Lipinski definition) is 0. The number of aliphatic imine (C=N–C) groups is 1. The molecule has 0 spiro atoms. The summed E-state index contributed by atoms with van der Waals surface area (Å²) in [5.41, 5.74) is 1.32. The number of allylic oxidation sites excluding steroid dienone is 1. The molecule has 160 valence electrons. The third kappa shape index (κ3) is 4.40. The molecule has 1 aromatic rings. The third-order valence-electron chi connectivity index (χ3n) is 5.32. The van der Waals surface area contributed by atoms with Crippen LogP contribution in [0.4, 0.5) is 5.69 Å². The number of nitro groups is 1. The predicted octanol–water partition coefficient (Wildman–Crippen LogP) is 3.29. The Balaban J connectivity index is 2.06. The number of nitrogens with zero attached hydrogens (tertiary/aromatic N) is 2. The van der Waals surface area contributed by atoms with Crippen LogP contribution in [0.2, 0.25) is 0 Å². The van der Waals surface area contributed by atoms with E-state index in [4.69, 9.17) is 14.2 Å². The van der Waals surface area contributed by atoms with Crippen molar-refractivity contribution >= 4 is 23.3 Å². The molecule has 9 heteroatoms. The molecule has 0 radical (unpaired) electrons. The summed E-state index contributed by atoms with van der Waals surface area (Å²) in [7, 11) is 1.25. The van der Waals surface area contributed by atoms with Gasteiger partial charge in [0.1, 0.15) is 5.92 Å². The minimum atomic E-state index is -0.907. The van der Waals surface area contributed by atoms with Crippen LogP contribution in [-0.2, 0) is 23.8 Å². The SMILES string of the molecule is COC(=O)C1C(C)=NC(C)=C(C(=O)OC2CCCCO2)[C@@H]1c1cccc([N+](=O)[O-])c1. The van der Waals surface area contributed by atoms with E-state index in [1.807, 2.05) is 0 Å². The lowest BCUT2D eigenvalue weighted by Gasteiger charge is -2.32. The summed E-state index contributed by atoms with van der Waals surface area (Å²) >= 11 is 0. The number of benzene rings is 1. The van der Waals surface area contributed by atoms with Crippen molar-refractivity contribution in [3.63, 3.8) is 0 Å². The number of nitro benzene ring substituents is 1. The number of rotatable bonds is 5. The van der Waals surface area contributed by atoms with E-state index < -0.39 is 35.0 Å². The molecule has 0 aromatic heterocycles. The second-order valence-corrected chi connectivity index (χ2v) is 7.28. The van der Waals surface area contributed by atoms with E-state index in [1.165, 1.54) is 25.3 Å². The van der Waals surface area contributed by atoms with E-state index in [0.717, 1.165) is 12.8 Å². The second-order valence-electron chi connectivity index (χ2n) is 7.28. The molecule has 0 aliphatic carbocycles. The van der Waals surface area contributed by atoms with Crippen LogP contribution < -0.4 is 0 Å². The Morgan fingerprint density at radius 1 is 1.27 bits per heavy atom. The molecule has 2 heterocycles. The fourth-order valence-electron chi connectivity index (χ4n) is 3.91. The van der Waals surface area contributed by atoms with Crippen LogP contribution in [0.15, 0.2) is 40.5 Å². The van der Waals surface area contributed by atoms with Crippen molar-refractivity contribution in [3.05, 3.63) is 51.2 Å². The zero-order valence-corrected chi connectivity index (χ0v) is 17.1. The van der Waals surface area contributed by atoms with E-state index in [1.54, 1.807) is 19.9 Å². The first-order valence-electron chi connectivity index (χ1n) is 9.74. The Hall–Kier alpha value is -3.07. The Labute approximate surface area is 173 Å². The summed E-state index contributed by atoms with van der Waals surface area (Å²) in [5, 5.41) is 11.3. The van der Waals surface area contributed by atoms with Crippen molar-refractivity contribution < 1.29 is 28.7 Å². The van der Waals surface area contributed by atoms with Gasteiger partial charge in [0.05, 0.1) is 24.2 Å². The molecule has 9 nitrogen and oxygen atoms in total. The van der Waals surface area contributed by atoms with Crippen LogP contribution in [0.5, 0.6) is 0 Å². The van der Waals surface area contributed by atoms with Gasteiger partial charge in [0.2, 0.25) is 6.29 Å². The minimum Gasteiger partial charge on any atom is -0.468 e. The average Bonchev–Trinajstić information content (AvgIpc) is 2.73. The fourth-order valence-corrected chi connectivity index (χ4v) is 3.91. The number of carbonyl (C=O) groups excluding carboxylic acids is 2. The molecule has 0 bridgehead atoms. The van der Waals surface area contributed by atoms with Crippen LogP contribution in [-0.4, -0.2) is 42.6 Å². The monoisotopic (exact) mass is 416 g/mol. The van der Waals surface area contributed by atoms with E-state index in [0.29, 0.717) is 30.0 Å². The molecule has 30 heavy (non-hydrogen) atoms. The molecule has 2 aliphatic rings. The third-order valence-corrected chi connectivity index (χ3v) is 5.32. The Morgan fingerprint density at radius 3 is 2.67 bits per heavy atom. The molecule has 1 saturated heterocycles. The number of esters is 2. The summed E-state index contributed by atoms with van der Waals surface area (Å²) in [4.78, 5) is 40.9. The maximum Gasteiger partial charge on any atom is 0.338 e. The zero-order valence-electron chi connectivity index (χ0n) is 17.1. The summed E-state index contributed by atoms with van der Waals surface area (Å²) in [6, 6.07) is 5.87. The number of hydrogen-bond acceptors (Lipinski definition) is 8. The highest BCUT2D eigenvalue weighted by atomic mass is 16.7. The number of carbonyl (C=O) groups is 2. The van der Waals surface area contributed by atoms with Crippen LogP contribution in [0.1, 0.15) is 44.6 Å². The second kappa shape index (κ2) is 9.17. The fraction of sp³-hybridized carbons (Fsp3) is 0.476. The Morgan fingerprint density at radius 2 is 2.03 bits per heavy atom. The predicted molar refractivity (Wildman–Crippen MR) is 107 cm³/mol. The van der Waals surface area contributed by atoms with Gasteiger partial charge in [-0.1, -0.05) is 12.1 Å². The molecular formula is C21H24N2O7. The number of ether oxygens (including phenoxy) is 3. The first kappa shape index (κ1) is 21.6. The van der Waals surface area contributed by atoms with Gasteiger partial charge in [0.15, 0.2) is 0 Å². The molecular weight excluding hydrogens is 392 g/mol. The van der Waals surface area contributed by atoms with Gasteiger partial charge in [0, 0.05) is 35.9 Å². The number of non-ortho nitro benzene ring substituents is 1. The summed E-state index contributed by atoms with van der Waals surface area (Å²) < 4.78 is 16.0. The van der Waals surface area contributed by atoms with E-state index in [2.05, 4.69) is 4.99 Å². The van der Waals surface area contributed by atoms with E-state index >= 15 is 0 Å². The molecule has 3 rings (SSSR count). The molecule has 1 aromatic carbocycles. The lowest BCUT2D eigenvalue weighted by Crippen LogP contribution is -2.37. The normalized spacial score (nSPS) is 24.1. The van der Waals surface area contributed by atoms with Crippen molar-refractivity contribution in [1.82, 2.24) is 0 Å². The lowest BCUT2D eigenvalue weighted by molar-refractivity contribution is -0.384. The van der Waals surface area contributed by atoms with Crippen molar-refractivity contribution in [2.45, 2.75) is 45.3 Å². The van der Waals surface area contributed by atoms with Crippen LogP contribution in [0, 0.1) is 16.0 Å². The maximum atomic E-state index is 13.1. The highest BCUT2D eigenvalue weighted by Crippen LogP contribution is 2.41. The van der Waals surface area contributed by atoms with Crippen LogP contribution >= 0.6 is 0 Å². The van der Waals surface area contributed by atoms with Crippen LogP contribution in [0.25, 0.3) is 0 Å². The van der Waals surface area contributed by atoms with Gasteiger partial charge in [-0.3, -0.25) is 19.9 Å². The van der Waals surface area contributed by atoms with Crippen molar-refractivity contribution in [2.75, 3.05) is 13.7 Å². The first-order chi connectivity index (χ1) is 14.3. The molecule has 2 unspecified atom stereocenters. The standard InChI is InChI=1S/C21H24N2O7/c1-12-17(20(24)28-3)19(14-7-6-8-15(11-14)23(26)27)18(13(2)22-12)21(25)30-16-9-4-5-10-29-16/h6-8,11,16-17,19H,4-5,9-10H2,1-3H3/t16?,17?,19-/m1/s1. The van der Waals surface area contributed by atoms with Gasteiger partial charge in [-0.25, -0.2) is 4.79 Å². The van der Waals surface area contributed by atoms with Gasteiger partial charge >= 0.3 is 11.9 Å². The quantitative estimate of drug-likeness (QED) is 0.411. The maximum absolute atomic E-state index is 13.1. The molecule has 3 atom stereocenters. The highest BCUT2D eigenvalue weighted by molar-refractivity contribution is 6.07. The summed E-state index contributed by atoms with van der Waals surface area (Å²) in [6.07, 6.45) is 1.70. The van der Waals surface area contributed by atoms with Gasteiger partial charge in [-0.15, -0.1) is 0 Å². The Bertz CT molecular complexity index is 916. The zero-order chi connectivity index (χ0) is 21.8. The molecule has 1 fully saturated rings. The van der Waals surface area contributed by atoms with E-state index in [9.17, 15) is 19.7 Å². The first-order valence-corrected chi connectivity index (χ1v) is 9.74. The van der Waals surface area contributed by atoms with Gasteiger partial charge < -0.3 is 14.2 Å². The van der Waals surface area contributed by atoms with Gasteiger partial charge in [0.25, 0.3) is 5.69 Å². The summed E-state index contributed by atoms with van der Waals surface area (Å²) in [5.74, 6) is -2.97. The molecule has 0 amide bonds. The van der Waals surface area contributed by atoms with Gasteiger partial charge in [-0.2, -0.15) is 0 Å². The van der Waals surface area contributed by atoms with Gasteiger partial charge in [-0.05, 0) is 32.3 Å². The molecule has 0 N–H and O–H groups in total. The number of methoxy groups -OCH3 is 1. The minimum absolute atomic E-state index is 0.141. The average molecular weight is 416 g/mol. The van der Waals surface area contributed by atoms with Crippen molar-refractivity contribution in [1.29, 1.82) is 0 Å². The van der Waals surface area contributed by atoms with Crippen molar-refractivity contribution in [2.24, 2.45) is 10.9 Å². The largest absolute Gasteiger partial charge is 0.468 e. The summed E-state index contributed by atoms with van der Waals surface area (Å²) in [6.45, 7) is 3.83. The topological polar surface area (TPSA) is 117 Å². The lowest BCUT2D eigenvalue weighted by atomic mass is 9.75. The van der Waals surface area contributed by atoms with E-state index in [-0.39, 0.29) is 11.3 Å². The van der Waals surface area contributed by atoms with Crippen LogP contribution in [0.3, 0.4) is 0 Å².